The molecule has 3 rings (SSSR count). The number of methoxy groups -OCH3 is 1. The number of sulfonamides is 1. The molecular formula is C17H19N3O3S. The first-order chi connectivity index (χ1) is 11.5. The third kappa shape index (κ3) is 3.35. The minimum absolute atomic E-state index is 0.220. The molecular weight excluding hydrogens is 326 g/mol. The normalized spacial score (nSPS) is 14.4. The summed E-state index contributed by atoms with van der Waals surface area (Å²) in [6.45, 7) is 3.08. The highest BCUT2D eigenvalue weighted by atomic mass is 32.2. The molecule has 7 heteroatoms. The zero-order chi connectivity index (χ0) is 17.2. The molecule has 24 heavy (non-hydrogen) atoms. The molecule has 0 radical (unpaired) electrons. The number of nitrogens with one attached hydrogen (secondary N) is 1. The number of hydrogen-bond acceptors (Lipinski definition) is 5. The zero-order valence-electron chi connectivity index (χ0n) is 13.6. The summed E-state index contributed by atoms with van der Waals surface area (Å²) in [7, 11) is -2.06. The molecule has 0 aromatic heterocycles. The molecule has 2 aromatic carbocycles. The number of rotatable bonds is 4. The van der Waals surface area contributed by atoms with Gasteiger partial charge in [-0.2, -0.15) is 0 Å². The van der Waals surface area contributed by atoms with Crippen molar-refractivity contribution >= 4 is 21.7 Å². The highest BCUT2D eigenvalue weighted by molar-refractivity contribution is 7.90. The van der Waals surface area contributed by atoms with Gasteiger partial charge < -0.3 is 9.64 Å². The number of anilines is 1. The number of ether oxygens (including phenoxy) is 1. The lowest BCUT2D eigenvalue weighted by Crippen LogP contribution is -2.41. The maximum absolute atomic E-state index is 12.5. The number of benzene rings is 2. The van der Waals surface area contributed by atoms with Crippen LogP contribution in [0, 0.1) is 6.92 Å². The molecule has 6 nitrogen and oxygen atoms in total. The van der Waals surface area contributed by atoms with Gasteiger partial charge in [-0.05, 0) is 43.3 Å². The van der Waals surface area contributed by atoms with Gasteiger partial charge in [-0.25, -0.2) is 13.1 Å². The van der Waals surface area contributed by atoms with Crippen LogP contribution < -0.4 is 14.4 Å². The van der Waals surface area contributed by atoms with Gasteiger partial charge in [0, 0.05) is 12.2 Å². The Morgan fingerprint density at radius 2 is 1.75 bits per heavy atom. The van der Waals surface area contributed by atoms with Crippen molar-refractivity contribution in [3.63, 3.8) is 0 Å². The van der Waals surface area contributed by atoms with Crippen LogP contribution in [0.15, 0.2) is 58.4 Å². The second-order valence-electron chi connectivity index (χ2n) is 5.47. The fourth-order valence-electron chi connectivity index (χ4n) is 2.44. The maximum atomic E-state index is 12.5. The van der Waals surface area contributed by atoms with E-state index in [4.69, 9.17) is 4.74 Å². The van der Waals surface area contributed by atoms with Gasteiger partial charge >= 0.3 is 0 Å². The van der Waals surface area contributed by atoms with E-state index in [0.717, 1.165) is 17.0 Å². The van der Waals surface area contributed by atoms with Gasteiger partial charge in [0.2, 0.25) is 5.96 Å². The van der Waals surface area contributed by atoms with Crippen molar-refractivity contribution < 1.29 is 13.2 Å². The Morgan fingerprint density at radius 1 is 1.08 bits per heavy atom. The number of nitrogens with zero attached hydrogens (tertiary/aromatic N) is 2. The van der Waals surface area contributed by atoms with Crippen LogP contribution in [0.2, 0.25) is 0 Å². The third-order valence-corrected chi connectivity index (χ3v) is 5.13. The molecule has 0 spiro atoms. The molecule has 126 valence electrons. The van der Waals surface area contributed by atoms with E-state index >= 15 is 0 Å². The lowest BCUT2D eigenvalue weighted by molar-refractivity contribution is 0.415. The van der Waals surface area contributed by atoms with Crippen molar-refractivity contribution in [3.8, 4) is 5.75 Å². The number of guanidine groups is 1. The van der Waals surface area contributed by atoms with Crippen molar-refractivity contribution in [2.24, 2.45) is 4.99 Å². The van der Waals surface area contributed by atoms with Crippen LogP contribution in [0.1, 0.15) is 5.56 Å². The summed E-state index contributed by atoms with van der Waals surface area (Å²) in [4.78, 5) is 6.34. The number of aryl methyl sites for hydroxylation is 1. The molecule has 0 unspecified atom stereocenters. The van der Waals surface area contributed by atoms with E-state index < -0.39 is 10.0 Å². The third-order valence-electron chi connectivity index (χ3n) is 3.78. The first-order valence-electron chi connectivity index (χ1n) is 7.55. The van der Waals surface area contributed by atoms with E-state index in [0.29, 0.717) is 19.0 Å². The van der Waals surface area contributed by atoms with Crippen molar-refractivity contribution in [2.75, 3.05) is 25.1 Å². The van der Waals surface area contributed by atoms with E-state index in [2.05, 4.69) is 9.71 Å². The molecule has 0 atom stereocenters. The van der Waals surface area contributed by atoms with E-state index in [1.165, 1.54) is 0 Å². The highest BCUT2D eigenvalue weighted by Crippen LogP contribution is 2.21. The summed E-state index contributed by atoms with van der Waals surface area (Å²) in [5.41, 5.74) is 1.87. The predicted molar refractivity (Wildman–Crippen MR) is 94.1 cm³/mol. The van der Waals surface area contributed by atoms with E-state index in [-0.39, 0.29) is 4.90 Å². The van der Waals surface area contributed by atoms with Crippen LogP contribution in [-0.2, 0) is 10.0 Å². The molecule has 0 saturated carbocycles. The topological polar surface area (TPSA) is 71.0 Å². The summed E-state index contributed by atoms with van der Waals surface area (Å²) in [5.74, 6) is 1.08. The van der Waals surface area contributed by atoms with E-state index in [1.807, 2.05) is 36.1 Å². The summed E-state index contributed by atoms with van der Waals surface area (Å²) >= 11 is 0. The van der Waals surface area contributed by atoms with E-state index in [1.54, 1.807) is 31.4 Å². The van der Waals surface area contributed by atoms with Crippen LogP contribution in [0.5, 0.6) is 5.75 Å². The van der Waals surface area contributed by atoms with Crippen LogP contribution in [-0.4, -0.2) is 34.6 Å². The van der Waals surface area contributed by atoms with Crippen molar-refractivity contribution in [1.82, 2.24) is 4.72 Å². The maximum Gasteiger partial charge on any atom is 0.264 e. The van der Waals surface area contributed by atoms with Crippen LogP contribution in [0.4, 0.5) is 5.69 Å². The van der Waals surface area contributed by atoms with Crippen LogP contribution >= 0.6 is 0 Å². The Kier molecular flexibility index (Phi) is 4.44. The molecule has 1 aliphatic heterocycles. The molecule has 1 aliphatic rings. The molecule has 0 amide bonds. The fourth-order valence-corrected chi connectivity index (χ4v) is 3.47. The molecule has 0 saturated heterocycles. The second kappa shape index (κ2) is 6.52. The summed E-state index contributed by atoms with van der Waals surface area (Å²) in [6.07, 6.45) is 0. The lowest BCUT2D eigenvalue weighted by atomic mass is 10.2. The van der Waals surface area contributed by atoms with Crippen LogP contribution in [0.25, 0.3) is 0 Å². The average Bonchev–Trinajstić information content (AvgIpc) is 3.02. The van der Waals surface area contributed by atoms with Gasteiger partial charge in [0.25, 0.3) is 10.0 Å². The monoisotopic (exact) mass is 345 g/mol. The second-order valence-corrected chi connectivity index (χ2v) is 7.16. The number of aliphatic imine (C=N–C) groups is 1. The minimum Gasteiger partial charge on any atom is -0.497 e. The minimum atomic E-state index is -3.66. The van der Waals surface area contributed by atoms with Crippen molar-refractivity contribution in [3.05, 3.63) is 54.1 Å². The van der Waals surface area contributed by atoms with Gasteiger partial charge in [-0.3, -0.25) is 4.99 Å². The smallest absolute Gasteiger partial charge is 0.264 e. The first kappa shape index (κ1) is 16.3. The molecule has 1 heterocycles. The Balaban J connectivity index is 1.81. The van der Waals surface area contributed by atoms with Crippen molar-refractivity contribution in [1.29, 1.82) is 0 Å². The Hall–Kier alpha value is -2.54. The van der Waals surface area contributed by atoms with Crippen LogP contribution in [0.3, 0.4) is 0 Å². The Morgan fingerprint density at radius 3 is 2.38 bits per heavy atom. The standard InChI is InChI=1S/C17H19N3O3S/c1-13-3-9-16(10-4-13)24(21,22)19-17-18-11-12-20(17)14-5-7-15(23-2)8-6-14/h3-10H,11-12H2,1-2H3,(H,18,19). The Labute approximate surface area is 141 Å². The molecule has 0 aliphatic carbocycles. The number of hydrogen-bond donors (Lipinski definition) is 1. The quantitative estimate of drug-likeness (QED) is 0.922. The Bertz CT molecular complexity index is 844. The highest BCUT2D eigenvalue weighted by Gasteiger charge is 2.24. The lowest BCUT2D eigenvalue weighted by Gasteiger charge is -2.21. The first-order valence-corrected chi connectivity index (χ1v) is 9.03. The average molecular weight is 345 g/mol. The summed E-state index contributed by atoms with van der Waals surface area (Å²) < 4.78 is 32.8. The van der Waals surface area contributed by atoms with Gasteiger partial charge in [0.05, 0.1) is 18.6 Å². The van der Waals surface area contributed by atoms with Gasteiger partial charge in [0.1, 0.15) is 5.75 Å². The fraction of sp³-hybridized carbons (Fsp3) is 0.235. The van der Waals surface area contributed by atoms with Gasteiger partial charge in [-0.15, -0.1) is 0 Å². The SMILES string of the molecule is COc1ccc(N2CCN=C2NS(=O)(=O)c2ccc(C)cc2)cc1. The van der Waals surface area contributed by atoms with Crippen molar-refractivity contribution in [2.45, 2.75) is 11.8 Å². The molecule has 0 fully saturated rings. The van der Waals surface area contributed by atoms with Gasteiger partial charge in [0.15, 0.2) is 0 Å². The summed E-state index contributed by atoms with van der Waals surface area (Å²) in [6, 6.07) is 14.1. The predicted octanol–water partition coefficient (Wildman–Crippen LogP) is 2.16. The molecule has 1 N–H and O–H groups in total. The molecule has 0 bridgehead atoms. The molecule has 2 aromatic rings. The van der Waals surface area contributed by atoms with E-state index in [9.17, 15) is 8.42 Å². The summed E-state index contributed by atoms with van der Waals surface area (Å²) in [5, 5.41) is 0. The van der Waals surface area contributed by atoms with Gasteiger partial charge in [-0.1, -0.05) is 17.7 Å². The zero-order valence-corrected chi connectivity index (χ0v) is 14.4. The largest absolute Gasteiger partial charge is 0.497 e.